The number of hydrogen-bond acceptors (Lipinski definition) is 2. The van der Waals surface area contributed by atoms with Gasteiger partial charge in [0.05, 0.1) is 0 Å². The van der Waals surface area contributed by atoms with E-state index in [0.29, 0.717) is 0 Å². The normalized spacial score (nSPS) is 12.8. The molecular weight excluding hydrogens is 162 g/mol. The average molecular weight is 179 g/mol. The molecule has 0 aromatic heterocycles. The van der Waals surface area contributed by atoms with Crippen LogP contribution in [0.3, 0.4) is 0 Å². The Hall–Kier alpha value is -0.860. The summed E-state index contributed by atoms with van der Waals surface area (Å²) in [5, 5.41) is 3.31. The zero-order valence-corrected chi connectivity index (χ0v) is 8.29. The molecule has 0 saturated carbocycles. The highest BCUT2D eigenvalue weighted by atomic mass is 16.5. The second-order valence-corrected chi connectivity index (χ2v) is 3.00. The van der Waals surface area contributed by atoms with Crippen molar-refractivity contribution in [1.29, 1.82) is 0 Å². The Balaban J connectivity index is 2.34. The van der Waals surface area contributed by atoms with Crippen molar-refractivity contribution in [2.45, 2.75) is 26.1 Å². The molecule has 2 nitrogen and oxygen atoms in total. The van der Waals surface area contributed by atoms with Gasteiger partial charge < -0.3 is 4.74 Å². The fraction of sp³-hybridized carbons (Fsp3) is 0.455. The highest BCUT2D eigenvalue weighted by molar-refractivity contribution is 5.14. The summed E-state index contributed by atoms with van der Waals surface area (Å²) < 4.78 is 5.21. The first-order valence-electron chi connectivity index (χ1n) is 4.67. The Morgan fingerprint density at radius 1 is 1.31 bits per heavy atom. The molecule has 1 atom stereocenters. The molecule has 0 saturated heterocycles. The minimum absolute atomic E-state index is 0.167. The summed E-state index contributed by atoms with van der Waals surface area (Å²) in [6, 6.07) is 10.3. The first-order valence-corrected chi connectivity index (χ1v) is 4.67. The molecule has 0 aliphatic carbocycles. The van der Waals surface area contributed by atoms with Gasteiger partial charge in [-0.1, -0.05) is 37.3 Å². The molecule has 0 amide bonds. The molecule has 72 valence electrons. The van der Waals surface area contributed by atoms with Gasteiger partial charge >= 0.3 is 0 Å². The molecule has 0 spiro atoms. The number of nitrogens with one attached hydrogen (secondary N) is 1. The van der Waals surface area contributed by atoms with Gasteiger partial charge in [-0.25, -0.2) is 0 Å². The molecule has 1 N–H and O–H groups in total. The van der Waals surface area contributed by atoms with E-state index in [-0.39, 0.29) is 6.23 Å². The maximum absolute atomic E-state index is 5.21. The van der Waals surface area contributed by atoms with E-state index in [1.165, 1.54) is 5.56 Å². The summed E-state index contributed by atoms with van der Waals surface area (Å²) in [6.07, 6.45) is 1.16. The largest absolute Gasteiger partial charge is 0.367 e. The minimum Gasteiger partial charge on any atom is -0.367 e. The standard InChI is InChI=1S/C11H17NO/c1-3-11(13-2)12-9-10-7-5-4-6-8-10/h4-8,11-12H,3,9H2,1-2H3. The van der Waals surface area contributed by atoms with Crippen LogP contribution in [0.2, 0.25) is 0 Å². The highest BCUT2D eigenvalue weighted by Crippen LogP contribution is 1.99. The molecule has 0 radical (unpaired) electrons. The Kier molecular flexibility index (Phi) is 4.50. The molecule has 0 fully saturated rings. The van der Waals surface area contributed by atoms with Gasteiger partial charge in [-0.2, -0.15) is 0 Å². The molecule has 0 heterocycles. The van der Waals surface area contributed by atoms with Crippen LogP contribution in [0.5, 0.6) is 0 Å². The quantitative estimate of drug-likeness (QED) is 0.699. The van der Waals surface area contributed by atoms with Crippen LogP contribution >= 0.6 is 0 Å². The van der Waals surface area contributed by atoms with E-state index in [1.54, 1.807) is 7.11 Å². The molecule has 2 heteroatoms. The van der Waals surface area contributed by atoms with Gasteiger partial charge in [-0.15, -0.1) is 0 Å². The molecule has 0 aliphatic rings. The predicted octanol–water partition coefficient (Wildman–Crippen LogP) is 2.16. The molecule has 1 aromatic rings. The number of methoxy groups -OCH3 is 1. The Bertz CT molecular complexity index is 219. The van der Waals surface area contributed by atoms with E-state index >= 15 is 0 Å². The van der Waals surface area contributed by atoms with Crippen LogP contribution in [0.25, 0.3) is 0 Å². The molecule has 1 aromatic carbocycles. The van der Waals surface area contributed by atoms with Crippen molar-refractivity contribution in [3.63, 3.8) is 0 Å². The summed E-state index contributed by atoms with van der Waals surface area (Å²) in [5.41, 5.74) is 1.29. The summed E-state index contributed by atoms with van der Waals surface area (Å²) in [4.78, 5) is 0. The van der Waals surface area contributed by atoms with Crippen molar-refractivity contribution in [1.82, 2.24) is 5.32 Å². The summed E-state index contributed by atoms with van der Waals surface area (Å²) in [6.45, 7) is 2.97. The SMILES string of the molecule is CCC(NCc1ccccc1)OC. The van der Waals surface area contributed by atoms with Gasteiger partial charge in [0.2, 0.25) is 0 Å². The maximum Gasteiger partial charge on any atom is 0.107 e. The van der Waals surface area contributed by atoms with Crippen LogP contribution in [-0.4, -0.2) is 13.3 Å². The molecule has 13 heavy (non-hydrogen) atoms. The second kappa shape index (κ2) is 5.73. The van der Waals surface area contributed by atoms with Crippen LogP contribution in [0.4, 0.5) is 0 Å². The topological polar surface area (TPSA) is 21.3 Å². The van der Waals surface area contributed by atoms with Crippen molar-refractivity contribution in [2.75, 3.05) is 7.11 Å². The third-order valence-electron chi connectivity index (χ3n) is 2.03. The number of ether oxygens (including phenoxy) is 1. The third-order valence-corrected chi connectivity index (χ3v) is 2.03. The first kappa shape index (κ1) is 10.2. The van der Waals surface area contributed by atoms with Crippen LogP contribution in [0.1, 0.15) is 18.9 Å². The van der Waals surface area contributed by atoms with E-state index in [2.05, 4.69) is 24.4 Å². The molecular formula is C11H17NO. The van der Waals surface area contributed by atoms with Crippen molar-refractivity contribution < 1.29 is 4.74 Å². The van der Waals surface area contributed by atoms with Crippen molar-refractivity contribution in [3.05, 3.63) is 35.9 Å². The third kappa shape index (κ3) is 3.57. The smallest absolute Gasteiger partial charge is 0.107 e. The fourth-order valence-corrected chi connectivity index (χ4v) is 1.22. The van der Waals surface area contributed by atoms with E-state index in [1.807, 2.05) is 18.2 Å². The highest BCUT2D eigenvalue weighted by Gasteiger charge is 2.01. The average Bonchev–Trinajstić information content (AvgIpc) is 2.21. The van der Waals surface area contributed by atoms with E-state index in [0.717, 1.165) is 13.0 Å². The van der Waals surface area contributed by atoms with Crippen LogP contribution in [0.15, 0.2) is 30.3 Å². The van der Waals surface area contributed by atoms with Gasteiger partial charge in [0.1, 0.15) is 6.23 Å². The van der Waals surface area contributed by atoms with Gasteiger partial charge in [-0.3, -0.25) is 5.32 Å². The first-order chi connectivity index (χ1) is 6.36. The minimum atomic E-state index is 0.167. The number of hydrogen-bond donors (Lipinski definition) is 1. The van der Waals surface area contributed by atoms with Gasteiger partial charge in [-0.05, 0) is 12.0 Å². The van der Waals surface area contributed by atoms with Crippen molar-refractivity contribution in [3.8, 4) is 0 Å². The van der Waals surface area contributed by atoms with Gasteiger partial charge in [0.15, 0.2) is 0 Å². The zero-order chi connectivity index (χ0) is 9.52. The Morgan fingerprint density at radius 2 is 2.00 bits per heavy atom. The van der Waals surface area contributed by atoms with Crippen molar-refractivity contribution in [2.24, 2.45) is 0 Å². The van der Waals surface area contributed by atoms with Gasteiger partial charge in [0.25, 0.3) is 0 Å². The summed E-state index contributed by atoms with van der Waals surface area (Å²) in [7, 11) is 1.73. The number of rotatable bonds is 5. The summed E-state index contributed by atoms with van der Waals surface area (Å²) in [5.74, 6) is 0. The Labute approximate surface area is 79.9 Å². The second-order valence-electron chi connectivity index (χ2n) is 3.00. The monoisotopic (exact) mass is 179 g/mol. The van der Waals surface area contributed by atoms with Crippen LogP contribution in [-0.2, 0) is 11.3 Å². The fourth-order valence-electron chi connectivity index (χ4n) is 1.22. The van der Waals surface area contributed by atoms with E-state index < -0.39 is 0 Å². The lowest BCUT2D eigenvalue weighted by atomic mass is 10.2. The Morgan fingerprint density at radius 3 is 2.54 bits per heavy atom. The van der Waals surface area contributed by atoms with Crippen LogP contribution in [0, 0.1) is 0 Å². The zero-order valence-electron chi connectivity index (χ0n) is 8.29. The van der Waals surface area contributed by atoms with E-state index in [9.17, 15) is 0 Å². The molecule has 0 bridgehead atoms. The lowest BCUT2D eigenvalue weighted by Gasteiger charge is -2.14. The van der Waals surface area contributed by atoms with Crippen molar-refractivity contribution >= 4 is 0 Å². The van der Waals surface area contributed by atoms with Gasteiger partial charge in [0, 0.05) is 13.7 Å². The molecule has 1 rings (SSSR count). The van der Waals surface area contributed by atoms with E-state index in [4.69, 9.17) is 4.74 Å². The molecule has 1 unspecified atom stereocenters. The summed E-state index contributed by atoms with van der Waals surface area (Å²) >= 11 is 0. The predicted molar refractivity (Wildman–Crippen MR) is 54.4 cm³/mol. The number of benzene rings is 1. The van der Waals surface area contributed by atoms with Crippen LogP contribution < -0.4 is 5.32 Å². The maximum atomic E-state index is 5.21. The lowest BCUT2D eigenvalue weighted by Crippen LogP contribution is -2.29. The molecule has 0 aliphatic heterocycles. The lowest BCUT2D eigenvalue weighted by molar-refractivity contribution is 0.0694.